The van der Waals surface area contributed by atoms with Gasteiger partial charge in [0.25, 0.3) is 0 Å². The van der Waals surface area contributed by atoms with E-state index in [1.54, 1.807) is 0 Å². The molecule has 0 unspecified atom stereocenters. The van der Waals surface area contributed by atoms with Crippen LogP contribution in [0.4, 0.5) is 4.39 Å². The third kappa shape index (κ3) is 3.66. The van der Waals surface area contributed by atoms with Gasteiger partial charge in [0.2, 0.25) is 0 Å². The van der Waals surface area contributed by atoms with Crippen LogP contribution in [-0.4, -0.2) is 14.4 Å². The summed E-state index contributed by atoms with van der Waals surface area (Å²) < 4.78 is 26.9. The van der Waals surface area contributed by atoms with Crippen LogP contribution in [0.15, 0.2) is 18.2 Å². The summed E-state index contributed by atoms with van der Waals surface area (Å²) in [6.07, 6.45) is 0. The van der Waals surface area contributed by atoms with Gasteiger partial charge in [-0.1, -0.05) is 0 Å². The molecular weight excluding hydrogens is 229 g/mol. The predicted molar refractivity (Wildman–Crippen MR) is 62.8 cm³/mol. The molecule has 0 aromatic heterocycles. The van der Waals surface area contributed by atoms with Gasteiger partial charge in [0.05, 0.1) is 6.54 Å². The minimum Gasteiger partial charge on any atom is -0.598 e. The summed E-state index contributed by atoms with van der Waals surface area (Å²) in [5.41, 5.74) is 0.401. The van der Waals surface area contributed by atoms with Gasteiger partial charge in [-0.25, -0.2) is 4.39 Å². The van der Waals surface area contributed by atoms with E-state index in [1.165, 1.54) is 18.2 Å². The Morgan fingerprint density at radius 3 is 2.62 bits per heavy atom. The van der Waals surface area contributed by atoms with Crippen LogP contribution in [-0.2, 0) is 17.9 Å². The maximum absolute atomic E-state index is 12.9. The molecule has 1 aromatic carbocycles. The molecule has 0 aliphatic rings. The average molecular weight is 245 g/mol. The maximum Gasteiger partial charge on any atom is 0.136 e. The van der Waals surface area contributed by atoms with E-state index in [9.17, 15) is 14.0 Å². The highest BCUT2D eigenvalue weighted by atomic mass is 32.2. The van der Waals surface area contributed by atoms with Crippen LogP contribution in [0.2, 0.25) is 0 Å². The van der Waals surface area contributed by atoms with Gasteiger partial charge >= 0.3 is 0 Å². The highest BCUT2D eigenvalue weighted by molar-refractivity contribution is 7.90. The van der Waals surface area contributed by atoms with Crippen molar-refractivity contribution in [3.8, 4) is 5.75 Å². The summed E-state index contributed by atoms with van der Waals surface area (Å²) in [4.78, 5) is 0. The minimum absolute atomic E-state index is 0.000177. The number of phenols is 1. The normalized spacial score (nSPS) is 13.8. The van der Waals surface area contributed by atoms with Crippen LogP contribution in [0, 0.1) is 5.82 Å². The number of halogens is 1. The summed E-state index contributed by atoms with van der Waals surface area (Å²) >= 11 is -1.24. The highest BCUT2D eigenvalue weighted by Crippen LogP contribution is 2.19. The van der Waals surface area contributed by atoms with Crippen LogP contribution in [0.1, 0.15) is 26.3 Å². The maximum atomic E-state index is 12.9. The highest BCUT2D eigenvalue weighted by Gasteiger charge is 2.26. The molecule has 1 aromatic rings. The average Bonchev–Trinajstić information content (AvgIpc) is 2.17. The molecule has 0 amide bonds. The van der Waals surface area contributed by atoms with E-state index in [1.807, 2.05) is 20.8 Å². The minimum atomic E-state index is -1.24. The van der Waals surface area contributed by atoms with E-state index < -0.39 is 17.2 Å². The second-order valence-corrected chi connectivity index (χ2v) is 6.53. The van der Waals surface area contributed by atoms with Crippen LogP contribution in [0.3, 0.4) is 0 Å². The SMILES string of the molecule is CC(C)(C)[S@@+]([O-])NCc1cc(F)ccc1O. The fraction of sp³-hybridized carbons (Fsp3) is 0.455. The van der Waals surface area contributed by atoms with Crippen LogP contribution in [0.5, 0.6) is 5.75 Å². The lowest BCUT2D eigenvalue weighted by molar-refractivity contribution is 0.463. The van der Waals surface area contributed by atoms with E-state index >= 15 is 0 Å². The molecule has 3 nitrogen and oxygen atoms in total. The lowest BCUT2D eigenvalue weighted by Crippen LogP contribution is -2.38. The summed E-state index contributed by atoms with van der Waals surface area (Å²) in [6, 6.07) is 3.69. The van der Waals surface area contributed by atoms with Crippen molar-refractivity contribution in [3.05, 3.63) is 29.6 Å². The number of rotatable bonds is 3. The summed E-state index contributed by atoms with van der Waals surface area (Å²) in [6.45, 7) is 5.68. The Morgan fingerprint density at radius 1 is 1.44 bits per heavy atom. The van der Waals surface area contributed by atoms with Crippen molar-refractivity contribution < 1.29 is 14.0 Å². The molecular formula is C11H16FNO2S. The second kappa shape index (κ2) is 5.03. The molecule has 0 aliphatic heterocycles. The number of phenolic OH excluding ortho intramolecular Hbond substituents is 1. The lowest BCUT2D eigenvalue weighted by atomic mass is 10.2. The van der Waals surface area contributed by atoms with Gasteiger partial charge in [-0.15, -0.1) is 4.72 Å². The standard InChI is InChI=1S/C11H16FNO2S/c1-11(2,3)16(15)13-7-8-6-9(12)4-5-10(8)14/h4-6,13-14H,7H2,1-3H3/t16-/m1/s1. The third-order valence-electron chi connectivity index (χ3n) is 1.99. The van der Waals surface area contributed by atoms with Crippen molar-refractivity contribution >= 4 is 11.4 Å². The Labute approximate surface area is 98.0 Å². The van der Waals surface area contributed by atoms with Crippen molar-refractivity contribution in [3.63, 3.8) is 0 Å². The molecule has 2 N–H and O–H groups in total. The van der Waals surface area contributed by atoms with Crippen molar-refractivity contribution in [2.75, 3.05) is 0 Å². The van der Waals surface area contributed by atoms with Gasteiger partial charge in [-0.2, -0.15) is 0 Å². The first-order valence-electron chi connectivity index (χ1n) is 4.93. The molecule has 0 saturated heterocycles. The largest absolute Gasteiger partial charge is 0.598 e. The van der Waals surface area contributed by atoms with Crippen LogP contribution < -0.4 is 4.72 Å². The number of hydrogen-bond acceptors (Lipinski definition) is 3. The Morgan fingerprint density at radius 2 is 2.06 bits per heavy atom. The quantitative estimate of drug-likeness (QED) is 0.802. The molecule has 16 heavy (non-hydrogen) atoms. The zero-order chi connectivity index (χ0) is 12.3. The van der Waals surface area contributed by atoms with Crippen molar-refractivity contribution in [2.45, 2.75) is 32.1 Å². The zero-order valence-electron chi connectivity index (χ0n) is 9.58. The fourth-order valence-electron chi connectivity index (χ4n) is 1.06. The van der Waals surface area contributed by atoms with Gasteiger partial charge < -0.3 is 9.66 Å². The van der Waals surface area contributed by atoms with Crippen molar-refractivity contribution in [1.29, 1.82) is 0 Å². The van der Waals surface area contributed by atoms with E-state index in [0.717, 1.165) is 0 Å². The summed E-state index contributed by atoms with van der Waals surface area (Å²) in [5, 5.41) is 9.45. The predicted octanol–water partition coefficient (Wildman–Crippen LogP) is 2.08. The molecule has 90 valence electrons. The molecule has 0 bridgehead atoms. The molecule has 1 atom stereocenters. The molecule has 0 saturated carbocycles. The summed E-state index contributed by atoms with van der Waals surface area (Å²) in [5.74, 6) is -0.420. The van der Waals surface area contributed by atoms with Gasteiger partial charge in [-0.3, -0.25) is 0 Å². The van der Waals surface area contributed by atoms with E-state index in [-0.39, 0.29) is 17.0 Å². The van der Waals surface area contributed by atoms with Gasteiger partial charge in [0.15, 0.2) is 0 Å². The monoisotopic (exact) mass is 245 g/mol. The number of benzene rings is 1. The lowest BCUT2D eigenvalue weighted by Gasteiger charge is -2.23. The molecule has 0 fully saturated rings. The topological polar surface area (TPSA) is 55.3 Å². The van der Waals surface area contributed by atoms with Gasteiger partial charge in [0, 0.05) is 16.9 Å². The van der Waals surface area contributed by atoms with E-state index in [0.29, 0.717) is 5.56 Å². The fourth-order valence-corrected chi connectivity index (χ4v) is 1.78. The van der Waals surface area contributed by atoms with Crippen LogP contribution in [0.25, 0.3) is 0 Å². The first kappa shape index (κ1) is 13.3. The molecule has 0 radical (unpaired) electrons. The molecule has 5 heteroatoms. The first-order chi connectivity index (χ1) is 7.30. The third-order valence-corrected chi connectivity index (χ3v) is 3.51. The second-order valence-electron chi connectivity index (χ2n) is 4.48. The molecule has 1 rings (SSSR count). The number of nitrogens with one attached hydrogen (secondary N) is 1. The number of aromatic hydroxyl groups is 1. The smallest absolute Gasteiger partial charge is 0.136 e. The van der Waals surface area contributed by atoms with E-state index in [4.69, 9.17) is 0 Å². The van der Waals surface area contributed by atoms with Crippen molar-refractivity contribution in [1.82, 2.24) is 4.72 Å². The molecule has 0 heterocycles. The zero-order valence-corrected chi connectivity index (χ0v) is 10.4. The Kier molecular flexibility index (Phi) is 4.18. The molecule has 0 aliphatic carbocycles. The molecule has 0 spiro atoms. The van der Waals surface area contributed by atoms with Gasteiger partial charge in [0.1, 0.15) is 16.3 Å². The summed E-state index contributed by atoms with van der Waals surface area (Å²) in [7, 11) is 0. The van der Waals surface area contributed by atoms with Crippen molar-refractivity contribution in [2.24, 2.45) is 0 Å². The van der Waals surface area contributed by atoms with Gasteiger partial charge in [-0.05, 0) is 39.0 Å². The van der Waals surface area contributed by atoms with Crippen LogP contribution >= 0.6 is 0 Å². The Hall–Kier alpha value is -0.780. The number of hydrogen-bond donors (Lipinski definition) is 2. The first-order valence-corrected chi connectivity index (χ1v) is 6.08. The van der Waals surface area contributed by atoms with E-state index in [2.05, 4.69) is 4.72 Å². The Balaban J connectivity index is 2.64. The Bertz CT molecular complexity index is 365.